The zero-order chi connectivity index (χ0) is 12.8. The second-order valence-corrected chi connectivity index (χ2v) is 5.12. The summed E-state index contributed by atoms with van der Waals surface area (Å²) in [5.41, 5.74) is 0. The molecule has 1 heterocycles. The van der Waals surface area contributed by atoms with Crippen LogP contribution in [0, 0.1) is 0 Å². The molecule has 0 bridgehead atoms. The molecular formula is C11H21N3O2S. The van der Waals surface area contributed by atoms with Crippen molar-refractivity contribution in [1.29, 1.82) is 0 Å². The van der Waals surface area contributed by atoms with E-state index in [1.165, 1.54) is 0 Å². The van der Waals surface area contributed by atoms with Gasteiger partial charge in [-0.2, -0.15) is 4.98 Å². The SMILES string of the molecule is COCC(C)NCc1sc(N(C)C)nc1OC. The van der Waals surface area contributed by atoms with Gasteiger partial charge in [0.05, 0.1) is 18.6 Å². The van der Waals surface area contributed by atoms with E-state index >= 15 is 0 Å². The zero-order valence-electron chi connectivity index (χ0n) is 11.1. The van der Waals surface area contributed by atoms with Gasteiger partial charge in [-0.05, 0) is 6.92 Å². The van der Waals surface area contributed by atoms with E-state index in [-0.39, 0.29) is 0 Å². The van der Waals surface area contributed by atoms with Gasteiger partial charge < -0.3 is 19.7 Å². The van der Waals surface area contributed by atoms with Crippen molar-refractivity contribution in [2.75, 3.05) is 39.8 Å². The van der Waals surface area contributed by atoms with Gasteiger partial charge in [-0.25, -0.2) is 0 Å². The normalized spacial score (nSPS) is 12.5. The van der Waals surface area contributed by atoms with E-state index in [4.69, 9.17) is 9.47 Å². The molecule has 0 aliphatic heterocycles. The highest BCUT2D eigenvalue weighted by Gasteiger charge is 2.13. The van der Waals surface area contributed by atoms with Crippen LogP contribution in [0.2, 0.25) is 0 Å². The summed E-state index contributed by atoms with van der Waals surface area (Å²) >= 11 is 1.64. The summed E-state index contributed by atoms with van der Waals surface area (Å²) in [6, 6.07) is 0.314. The number of hydrogen-bond acceptors (Lipinski definition) is 6. The Labute approximate surface area is 107 Å². The highest BCUT2D eigenvalue weighted by molar-refractivity contribution is 7.15. The van der Waals surface area contributed by atoms with Gasteiger partial charge in [0, 0.05) is 33.8 Å². The Balaban J connectivity index is 2.63. The maximum Gasteiger partial charge on any atom is 0.230 e. The van der Waals surface area contributed by atoms with Crippen LogP contribution in [0.15, 0.2) is 0 Å². The van der Waals surface area contributed by atoms with Crippen LogP contribution in [0.5, 0.6) is 5.88 Å². The molecule has 0 aliphatic rings. The average Bonchev–Trinajstić information content (AvgIpc) is 2.70. The number of ether oxygens (including phenoxy) is 2. The molecule has 0 aliphatic carbocycles. The van der Waals surface area contributed by atoms with Crippen molar-refractivity contribution in [2.45, 2.75) is 19.5 Å². The molecule has 1 atom stereocenters. The van der Waals surface area contributed by atoms with Gasteiger partial charge in [0.25, 0.3) is 0 Å². The van der Waals surface area contributed by atoms with E-state index < -0.39 is 0 Å². The molecule has 0 spiro atoms. The summed E-state index contributed by atoms with van der Waals surface area (Å²) in [7, 11) is 7.30. The lowest BCUT2D eigenvalue weighted by Gasteiger charge is -2.11. The molecule has 1 rings (SSSR count). The fraction of sp³-hybridized carbons (Fsp3) is 0.727. The Morgan fingerprint density at radius 2 is 2.12 bits per heavy atom. The van der Waals surface area contributed by atoms with E-state index in [1.807, 2.05) is 19.0 Å². The molecule has 1 unspecified atom stereocenters. The summed E-state index contributed by atoms with van der Waals surface area (Å²) in [5.74, 6) is 0.704. The number of hydrogen-bond donors (Lipinski definition) is 1. The quantitative estimate of drug-likeness (QED) is 0.801. The third-order valence-corrected chi connectivity index (χ3v) is 3.46. The van der Waals surface area contributed by atoms with Gasteiger partial charge in [-0.1, -0.05) is 11.3 Å². The topological polar surface area (TPSA) is 46.6 Å². The number of rotatable bonds is 7. The molecule has 1 aromatic heterocycles. The first kappa shape index (κ1) is 14.2. The number of anilines is 1. The van der Waals surface area contributed by atoms with Crippen LogP contribution in [-0.2, 0) is 11.3 Å². The molecule has 0 amide bonds. The lowest BCUT2D eigenvalue weighted by atomic mass is 10.3. The van der Waals surface area contributed by atoms with Crippen LogP contribution in [0.1, 0.15) is 11.8 Å². The van der Waals surface area contributed by atoms with E-state index in [0.29, 0.717) is 18.5 Å². The second-order valence-electron chi connectivity index (χ2n) is 4.06. The highest BCUT2D eigenvalue weighted by Crippen LogP contribution is 2.30. The van der Waals surface area contributed by atoms with E-state index in [0.717, 1.165) is 16.6 Å². The van der Waals surface area contributed by atoms with Crippen LogP contribution < -0.4 is 15.0 Å². The third kappa shape index (κ3) is 4.14. The fourth-order valence-corrected chi connectivity index (χ4v) is 2.27. The van der Waals surface area contributed by atoms with Crippen molar-refractivity contribution in [1.82, 2.24) is 10.3 Å². The molecule has 17 heavy (non-hydrogen) atoms. The lowest BCUT2D eigenvalue weighted by Crippen LogP contribution is -2.29. The molecule has 1 aromatic rings. The number of aromatic nitrogens is 1. The summed E-state index contributed by atoms with van der Waals surface area (Å²) in [6.45, 7) is 3.53. The van der Waals surface area contributed by atoms with Crippen LogP contribution in [0.4, 0.5) is 5.13 Å². The molecule has 1 N–H and O–H groups in total. The lowest BCUT2D eigenvalue weighted by molar-refractivity contribution is 0.171. The molecule has 0 fully saturated rings. The van der Waals surface area contributed by atoms with Gasteiger partial charge in [0.1, 0.15) is 0 Å². The first-order chi connectivity index (χ1) is 8.08. The molecule has 0 saturated carbocycles. The van der Waals surface area contributed by atoms with Gasteiger partial charge in [-0.3, -0.25) is 0 Å². The third-order valence-electron chi connectivity index (χ3n) is 2.25. The van der Waals surface area contributed by atoms with E-state index in [1.54, 1.807) is 25.6 Å². The van der Waals surface area contributed by atoms with Crippen molar-refractivity contribution in [3.05, 3.63) is 4.88 Å². The summed E-state index contributed by atoms with van der Waals surface area (Å²) in [4.78, 5) is 7.49. The maximum absolute atomic E-state index is 5.27. The van der Waals surface area contributed by atoms with Crippen LogP contribution >= 0.6 is 11.3 Å². The van der Waals surface area contributed by atoms with E-state index in [9.17, 15) is 0 Å². The van der Waals surface area contributed by atoms with Crippen molar-refractivity contribution in [3.63, 3.8) is 0 Å². The van der Waals surface area contributed by atoms with Gasteiger partial charge in [0.2, 0.25) is 5.88 Å². The Bertz CT molecular complexity index is 341. The standard InChI is InChI=1S/C11H21N3O2S/c1-8(7-15-4)12-6-9-10(16-5)13-11(17-9)14(2)3/h8,12H,6-7H2,1-5H3. The molecular weight excluding hydrogens is 238 g/mol. The second kappa shape index (κ2) is 6.78. The zero-order valence-corrected chi connectivity index (χ0v) is 11.9. The minimum Gasteiger partial charge on any atom is -0.480 e. The molecule has 98 valence electrons. The van der Waals surface area contributed by atoms with Gasteiger partial charge in [0.15, 0.2) is 5.13 Å². The Morgan fingerprint density at radius 1 is 1.41 bits per heavy atom. The van der Waals surface area contributed by atoms with Gasteiger partial charge in [-0.15, -0.1) is 0 Å². The van der Waals surface area contributed by atoms with Crippen LogP contribution in [0.3, 0.4) is 0 Å². The van der Waals surface area contributed by atoms with Crippen LogP contribution in [0.25, 0.3) is 0 Å². The molecule has 6 heteroatoms. The fourth-order valence-electron chi connectivity index (χ4n) is 1.36. The molecule has 0 radical (unpaired) electrons. The predicted molar refractivity (Wildman–Crippen MR) is 71.2 cm³/mol. The predicted octanol–water partition coefficient (Wildman–Crippen LogP) is 1.34. The van der Waals surface area contributed by atoms with Crippen molar-refractivity contribution in [2.24, 2.45) is 0 Å². The van der Waals surface area contributed by atoms with Crippen molar-refractivity contribution >= 4 is 16.5 Å². The largest absolute Gasteiger partial charge is 0.480 e. The minimum absolute atomic E-state index is 0.314. The number of nitrogens with one attached hydrogen (secondary N) is 1. The van der Waals surface area contributed by atoms with Crippen molar-refractivity contribution in [3.8, 4) is 5.88 Å². The minimum atomic E-state index is 0.314. The Hall–Kier alpha value is -0.850. The maximum atomic E-state index is 5.27. The first-order valence-electron chi connectivity index (χ1n) is 5.51. The average molecular weight is 259 g/mol. The van der Waals surface area contributed by atoms with Crippen LogP contribution in [-0.4, -0.2) is 45.9 Å². The first-order valence-corrected chi connectivity index (χ1v) is 6.33. The smallest absolute Gasteiger partial charge is 0.230 e. The van der Waals surface area contributed by atoms with Crippen molar-refractivity contribution < 1.29 is 9.47 Å². The summed E-state index contributed by atoms with van der Waals surface area (Å²) in [5, 5.41) is 4.33. The van der Waals surface area contributed by atoms with E-state index in [2.05, 4.69) is 17.2 Å². The number of methoxy groups -OCH3 is 2. The summed E-state index contributed by atoms with van der Waals surface area (Å²) < 4.78 is 10.3. The number of nitrogens with zero attached hydrogens (tertiary/aromatic N) is 2. The highest BCUT2D eigenvalue weighted by atomic mass is 32.1. The Morgan fingerprint density at radius 3 is 2.65 bits per heavy atom. The Kier molecular flexibility index (Phi) is 5.67. The van der Waals surface area contributed by atoms with Gasteiger partial charge >= 0.3 is 0 Å². The molecule has 0 saturated heterocycles. The molecule has 0 aromatic carbocycles. The summed E-state index contributed by atoms with van der Waals surface area (Å²) in [6.07, 6.45) is 0. The number of thiazole rings is 1. The monoisotopic (exact) mass is 259 g/mol. The molecule has 5 nitrogen and oxygen atoms in total.